The van der Waals surface area contributed by atoms with Crippen LogP contribution in [0.5, 0.6) is 11.5 Å². The summed E-state index contributed by atoms with van der Waals surface area (Å²) in [4.78, 5) is 11.7. The SMILES string of the molecule is COc1cc(OC)cc(N(Cc2cnn(C)c2)c2ccc3ncc(-c4ccn(C)c4)nc3c2)c1. The van der Waals surface area contributed by atoms with Crippen molar-refractivity contribution >= 4 is 22.4 Å². The predicted molar refractivity (Wildman–Crippen MR) is 133 cm³/mol. The van der Waals surface area contributed by atoms with Gasteiger partial charge in [-0.2, -0.15) is 5.10 Å². The van der Waals surface area contributed by atoms with E-state index in [1.54, 1.807) is 18.9 Å². The number of hydrogen-bond donors (Lipinski definition) is 0. The molecule has 0 fully saturated rings. The Kier molecular flexibility index (Phi) is 5.63. The molecule has 0 saturated carbocycles. The molecule has 8 nitrogen and oxygen atoms in total. The Balaban J connectivity index is 1.62. The molecule has 0 aliphatic carbocycles. The number of rotatable bonds is 7. The molecule has 3 heterocycles. The topological polar surface area (TPSA) is 70.2 Å². The van der Waals surface area contributed by atoms with E-state index in [9.17, 15) is 0 Å². The maximum atomic E-state index is 5.53. The number of aryl methyl sites for hydroxylation is 2. The van der Waals surface area contributed by atoms with E-state index in [4.69, 9.17) is 14.5 Å². The highest BCUT2D eigenvalue weighted by Gasteiger charge is 2.16. The van der Waals surface area contributed by atoms with E-state index < -0.39 is 0 Å². The summed E-state index contributed by atoms with van der Waals surface area (Å²) in [5.41, 5.74) is 6.53. The van der Waals surface area contributed by atoms with Gasteiger partial charge in [-0.05, 0) is 24.3 Å². The van der Waals surface area contributed by atoms with Gasteiger partial charge < -0.3 is 18.9 Å². The lowest BCUT2D eigenvalue weighted by Gasteiger charge is -2.26. The molecule has 5 aromatic rings. The molecule has 2 aromatic carbocycles. The van der Waals surface area contributed by atoms with Crippen LogP contribution >= 0.6 is 0 Å². The normalized spacial score (nSPS) is 11.1. The average molecular weight is 455 g/mol. The molecule has 0 aliphatic heterocycles. The number of aromatic nitrogens is 5. The first-order chi connectivity index (χ1) is 16.5. The summed E-state index contributed by atoms with van der Waals surface area (Å²) in [7, 11) is 7.22. The zero-order chi connectivity index (χ0) is 23.7. The molecular weight excluding hydrogens is 428 g/mol. The Labute approximate surface area is 198 Å². The molecule has 0 N–H and O–H groups in total. The third-order valence-corrected chi connectivity index (χ3v) is 5.71. The highest BCUT2D eigenvalue weighted by atomic mass is 16.5. The van der Waals surface area contributed by atoms with Crippen LogP contribution in [0.15, 0.2) is 73.4 Å². The fourth-order valence-corrected chi connectivity index (χ4v) is 3.98. The van der Waals surface area contributed by atoms with Crippen LogP contribution in [0.2, 0.25) is 0 Å². The van der Waals surface area contributed by atoms with E-state index in [1.807, 2.05) is 80.0 Å². The molecule has 0 unspecified atom stereocenters. The van der Waals surface area contributed by atoms with E-state index >= 15 is 0 Å². The van der Waals surface area contributed by atoms with Gasteiger partial charge in [-0.15, -0.1) is 0 Å². The minimum Gasteiger partial charge on any atom is -0.497 e. The number of methoxy groups -OCH3 is 2. The lowest BCUT2D eigenvalue weighted by molar-refractivity contribution is 0.394. The molecule has 0 radical (unpaired) electrons. The van der Waals surface area contributed by atoms with Crippen molar-refractivity contribution in [3.63, 3.8) is 0 Å². The lowest BCUT2D eigenvalue weighted by Crippen LogP contribution is -2.16. The van der Waals surface area contributed by atoms with Crippen molar-refractivity contribution in [3.05, 3.63) is 79.0 Å². The van der Waals surface area contributed by atoms with E-state index in [0.717, 1.165) is 50.7 Å². The van der Waals surface area contributed by atoms with Crippen LogP contribution < -0.4 is 14.4 Å². The zero-order valence-electron chi connectivity index (χ0n) is 19.6. The van der Waals surface area contributed by atoms with E-state index in [1.165, 1.54) is 0 Å². The predicted octanol–water partition coefficient (Wildman–Crippen LogP) is 4.72. The van der Waals surface area contributed by atoms with Gasteiger partial charge in [0.2, 0.25) is 0 Å². The molecule has 0 spiro atoms. The highest BCUT2D eigenvalue weighted by Crippen LogP contribution is 2.35. The first-order valence-corrected chi connectivity index (χ1v) is 10.9. The number of nitrogens with zero attached hydrogens (tertiary/aromatic N) is 6. The van der Waals surface area contributed by atoms with Gasteiger partial charge >= 0.3 is 0 Å². The third kappa shape index (κ3) is 4.30. The smallest absolute Gasteiger partial charge is 0.124 e. The van der Waals surface area contributed by atoms with Crippen LogP contribution in [-0.4, -0.2) is 38.5 Å². The van der Waals surface area contributed by atoms with Crippen LogP contribution in [-0.2, 0) is 20.6 Å². The standard InChI is InChI=1S/C26H26N6O2/c1-30-8-7-19(17-30)26-14-27-24-6-5-20(11-25(24)29-26)32(16-18-13-28-31(2)15-18)21-9-22(33-3)12-23(10-21)34-4/h5-15,17H,16H2,1-4H3. The summed E-state index contributed by atoms with van der Waals surface area (Å²) in [5, 5.41) is 4.34. The molecule has 0 saturated heterocycles. The Hall–Kier alpha value is -4.33. The largest absolute Gasteiger partial charge is 0.497 e. The van der Waals surface area contributed by atoms with E-state index in [-0.39, 0.29) is 0 Å². The Morgan fingerprint density at radius 2 is 1.65 bits per heavy atom. The maximum Gasteiger partial charge on any atom is 0.124 e. The maximum absolute atomic E-state index is 5.53. The number of anilines is 2. The number of ether oxygens (including phenoxy) is 2. The van der Waals surface area contributed by atoms with Crippen molar-refractivity contribution in [1.82, 2.24) is 24.3 Å². The molecular formula is C26H26N6O2. The second kappa shape index (κ2) is 8.90. The fourth-order valence-electron chi connectivity index (χ4n) is 3.98. The molecule has 34 heavy (non-hydrogen) atoms. The zero-order valence-corrected chi connectivity index (χ0v) is 19.6. The molecule has 8 heteroatoms. The Bertz CT molecular complexity index is 1430. The summed E-state index contributed by atoms with van der Waals surface area (Å²) in [5.74, 6) is 1.44. The minimum absolute atomic E-state index is 0.613. The average Bonchev–Trinajstić information content (AvgIpc) is 3.49. The van der Waals surface area contributed by atoms with Crippen molar-refractivity contribution in [2.45, 2.75) is 6.54 Å². The Morgan fingerprint density at radius 1 is 0.853 bits per heavy atom. The first kappa shape index (κ1) is 21.5. The van der Waals surface area contributed by atoms with Gasteiger partial charge in [0, 0.05) is 73.4 Å². The Morgan fingerprint density at radius 3 is 2.29 bits per heavy atom. The molecule has 0 amide bonds. The van der Waals surface area contributed by atoms with Crippen molar-refractivity contribution < 1.29 is 9.47 Å². The van der Waals surface area contributed by atoms with Crippen LogP contribution in [0.25, 0.3) is 22.3 Å². The summed E-state index contributed by atoms with van der Waals surface area (Å²) >= 11 is 0. The van der Waals surface area contributed by atoms with Crippen LogP contribution in [0.3, 0.4) is 0 Å². The van der Waals surface area contributed by atoms with Crippen molar-refractivity contribution in [2.24, 2.45) is 14.1 Å². The highest BCUT2D eigenvalue weighted by molar-refractivity contribution is 5.82. The van der Waals surface area contributed by atoms with Gasteiger partial charge in [0.15, 0.2) is 0 Å². The third-order valence-electron chi connectivity index (χ3n) is 5.71. The monoisotopic (exact) mass is 454 g/mol. The lowest BCUT2D eigenvalue weighted by atomic mass is 10.1. The molecule has 0 atom stereocenters. The van der Waals surface area contributed by atoms with Crippen molar-refractivity contribution in [2.75, 3.05) is 19.1 Å². The minimum atomic E-state index is 0.613. The van der Waals surface area contributed by atoms with Crippen LogP contribution in [0.1, 0.15) is 5.56 Å². The van der Waals surface area contributed by atoms with Crippen molar-refractivity contribution in [1.29, 1.82) is 0 Å². The van der Waals surface area contributed by atoms with E-state index in [0.29, 0.717) is 6.54 Å². The summed E-state index contributed by atoms with van der Waals surface area (Å²) in [6.07, 6.45) is 9.75. The van der Waals surface area contributed by atoms with Crippen LogP contribution in [0.4, 0.5) is 11.4 Å². The number of hydrogen-bond acceptors (Lipinski definition) is 6. The van der Waals surface area contributed by atoms with Crippen LogP contribution in [0, 0.1) is 0 Å². The van der Waals surface area contributed by atoms with Gasteiger partial charge in [0.25, 0.3) is 0 Å². The molecule has 5 rings (SSSR count). The van der Waals surface area contributed by atoms with Gasteiger partial charge in [0.1, 0.15) is 11.5 Å². The van der Waals surface area contributed by atoms with Gasteiger partial charge in [0.05, 0.1) is 49.9 Å². The first-order valence-electron chi connectivity index (χ1n) is 10.9. The molecule has 0 aliphatic rings. The van der Waals surface area contributed by atoms with E-state index in [2.05, 4.69) is 27.1 Å². The summed E-state index contributed by atoms with van der Waals surface area (Å²) in [6, 6.07) is 14.0. The molecule has 172 valence electrons. The quantitative estimate of drug-likeness (QED) is 0.354. The molecule has 0 bridgehead atoms. The fraction of sp³-hybridized carbons (Fsp3) is 0.192. The second-order valence-corrected chi connectivity index (χ2v) is 8.17. The van der Waals surface area contributed by atoms with Gasteiger partial charge in [-0.3, -0.25) is 9.67 Å². The second-order valence-electron chi connectivity index (χ2n) is 8.17. The number of benzene rings is 2. The summed E-state index contributed by atoms with van der Waals surface area (Å²) < 4.78 is 14.9. The summed E-state index contributed by atoms with van der Waals surface area (Å²) in [6.45, 7) is 0.613. The van der Waals surface area contributed by atoms with Gasteiger partial charge in [-0.1, -0.05) is 0 Å². The number of fused-ring (bicyclic) bond motifs is 1. The van der Waals surface area contributed by atoms with Gasteiger partial charge in [-0.25, -0.2) is 4.98 Å². The molecule has 3 aromatic heterocycles. The van der Waals surface area contributed by atoms with Crippen molar-refractivity contribution in [3.8, 4) is 22.8 Å².